The predicted octanol–water partition coefficient (Wildman–Crippen LogP) is 3.15. The largest absolute Gasteiger partial charge is 0.378 e. The van der Waals surface area contributed by atoms with Crippen LogP contribution in [-0.2, 0) is 10.7 Å². The lowest BCUT2D eigenvalue weighted by Gasteiger charge is -2.18. The normalized spacial score (nSPS) is 15.9. The van der Waals surface area contributed by atoms with Crippen molar-refractivity contribution in [3.63, 3.8) is 0 Å². The molecule has 0 aliphatic rings. The maximum atomic E-state index is 12.2. The molecule has 0 radical (unpaired) electrons. The van der Waals surface area contributed by atoms with E-state index in [4.69, 9.17) is 0 Å². The first-order chi connectivity index (χ1) is 8.59. The standard InChI is InChI=1S/C14H15O3P/c15-14(13-9-5-2-6-10-13)18(16,17)11-12-7-3-1-4-8-12/h1-10,14-15H,11H2,(H,16,17). The molecule has 2 N–H and O–H groups in total. The number of hydrogen-bond acceptors (Lipinski definition) is 2. The Morgan fingerprint density at radius 3 is 2.00 bits per heavy atom. The second-order valence-corrected chi connectivity index (χ2v) is 6.50. The van der Waals surface area contributed by atoms with E-state index in [2.05, 4.69) is 0 Å². The highest BCUT2D eigenvalue weighted by molar-refractivity contribution is 7.57. The van der Waals surface area contributed by atoms with Gasteiger partial charge in [-0.05, 0) is 11.1 Å². The van der Waals surface area contributed by atoms with Gasteiger partial charge in [-0.1, -0.05) is 60.7 Å². The summed E-state index contributed by atoms with van der Waals surface area (Å²) in [4.78, 5) is 10.00. The summed E-state index contributed by atoms with van der Waals surface area (Å²) < 4.78 is 12.2. The van der Waals surface area contributed by atoms with Crippen molar-refractivity contribution in [1.29, 1.82) is 0 Å². The highest BCUT2D eigenvalue weighted by Gasteiger charge is 2.30. The van der Waals surface area contributed by atoms with Crippen LogP contribution in [0.2, 0.25) is 0 Å². The molecule has 2 unspecified atom stereocenters. The molecular formula is C14H15O3P. The van der Waals surface area contributed by atoms with E-state index in [1.165, 1.54) is 0 Å². The van der Waals surface area contributed by atoms with Gasteiger partial charge in [0.2, 0.25) is 7.37 Å². The van der Waals surface area contributed by atoms with Gasteiger partial charge in [-0.25, -0.2) is 0 Å². The maximum Gasteiger partial charge on any atom is 0.236 e. The van der Waals surface area contributed by atoms with Gasteiger partial charge in [-0.15, -0.1) is 0 Å². The predicted molar refractivity (Wildman–Crippen MR) is 71.4 cm³/mol. The smallest absolute Gasteiger partial charge is 0.236 e. The molecule has 0 spiro atoms. The monoisotopic (exact) mass is 262 g/mol. The second kappa shape index (κ2) is 5.49. The quantitative estimate of drug-likeness (QED) is 0.832. The van der Waals surface area contributed by atoms with Crippen molar-refractivity contribution in [2.24, 2.45) is 0 Å². The molecule has 0 fully saturated rings. The summed E-state index contributed by atoms with van der Waals surface area (Å²) >= 11 is 0. The van der Waals surface area contributed by atoms with Crippen LogP contribution in [0.3, 0.4) is 0 Å². The fourth-order valence-electron chi connectivity index (χ4n) is 1.79. The van der Waals surface area contributed by atoms with Gasteiger partial charge in [0, 0.05) is 0 Å². The van der Waals surface area contributed by atoms with Gasteiger partial charge in [0.1, 0.15) is 0 Å². The van der Waals surface area contributed by atoms with Gasteiger partial charge in [0.05, 0.1) is 6.16 Å². The molecule has 2 aromatic carbocycles. The summed E-state index contributed by atoms with van der Waals surface area (Å²) in [5.74, 6) is -1.33. The van der Waals surface area contributed by atoms with E-state index >= 15 is 0 Å². The van der Waals surface area contributed by atoms with Crippen molar-refractivity contribution in [2.75, 3.05) is 0 Å². The molecule has 4 heteroatoms. The van der Waals surface area contributed by atoms with E-state index in [9.17, 15) is 14.6 Å². The highest BCUT2D eigenvalue weighted by atomic mass is 31.2. The lowest BCUT2D eigenvalue weighted by Crippen LogP contribution is -2.01. The lowest BCUT2D eigenvalue weighted by molar-refractivity contribution is 0.234. The summed E-state index contributed by atoms with van der Waals surface area (Å²) in [5, 5.41) is 10.00. The molecule has 18 heavy (non-hydrogen) atoms. The first-order valence-corrected chi connectivity index (χ1v) is 7.59. The molecule has 0 bridgehead atoms. The maximum absolute atomic E-state index is 12.2. The Bertz CT molecular complexity index is 539. The molecule has 94 valence electrons. The highest BCUT2D eigenvalue weighted by Crippen LogP contribution is 2.56. The minimum Gasteiger partial charge on any atom is -0.378 e. The van der Waals surface area contributed by atoms with Crippen LogP contribution in [0.15, 0.2) is 60.7 Å². The Hall–Kier alpha value is -1.41. The molecule has 0 saturated heterocycles. The topological polar surface area (TPSA) is 57.5 Å². The zero-order valence-corrected chi connectivity index (χ0v) is 10.7. The van der Waals surface area contributed by atoms with E-state index < -0.39 is 13.2 Å². The van der Waals surface area contributed by atoms with Gasteiger partial charge in [-0.3, -0.25) is 4.57 Å². The van der Waals surface area contributed by atoms with E-state index in [0.29, 0.717) is 5.56 Å². The average molecular weight is 262 g/mol. The zero-order valence-electron chi connectivity index (χ0n) is 9.81. The number of benzene rings is 2. The fourth-order valence-corrected chi connectivity index (χ4v) is 3.33. The van der Waals surface area contributed by atoms with Crippen molar-refractivity contribution in [1.82, 2.24) is 0 Å². The van der Waals surface area contributed by atoms with Crippen molar-refractivity contribution < 1.29 is 14.6 Å². The number of aliphatic hydroxyl groups excluding tert-OH is 1. The molecule has 0 heterocycles. The number of hydrogen-bond donors (Lipinski definition) is 2. The molecule has 2 rings (SSSR count). The molecule has 3 nitrogen and oxygen atoms in total. The molecule has 2 aromatic rings. The van der Waals surface area contributed by atoms with Crippen LogP contribution in [0.5, 0.6) is 0 Å². The minimum atomic E-state index is -3.67. The minimum absolute atomic E-state index is 0.0239. The van der Waals surface area contributed by atoms with Crippen LogP contribution < -0.4 is 0 Å². The Morgan fingerprint density at radius 1 is 0.944 bits per heavy atom. The van der Waals surface area contributed by atoms with Crippen LogP contribution in [0.4, 0.5) is 0 Å². The average Bonchev–Trinajstić information content (AvgIpc) is 2.39. The van der Waals surface area contributed by atoms with Gasteiger partial charge in [0.25, 0.3) is 0 Å². The summed E-state index contributed by atoms with van der Waals surface area (Å²) in [5.41, 5.74) is 1.22. The molecule has 2 atom stereocenters. The van der Waals surface area contributed by atoms with Crippen LogP contribution in [0.25, 0.3) is 0 Å². The van der Waals surface area contributed by atoms with Gasteiger partial charge < -0.3 is 10.00 Å². The third kappa shape index (κ3) is 3.08. The van der Waals surface area contributed by atoms with E-state index in [-0.39, 0.29) is 6.16 Å². The molecule has 0 aromatic heterocycles. The van der Waals surface area contributed by atoms with Crippen molar-refractivity contribution in [2.45, 2.75) is 12.0 Å². The molecule has 0 amide bonds. The van der Waals surface area contributed by atoms with Crippen LogP contribution in [0.1, 0.15) is 17.0 Å². The van der Waals surface area contributed by atoms with Gasteiger partial charge >= 0.3 is 0 Å². The molecule has 0 aliphatic carbocycles. The third-order valence-corrected chi connectivity index (χ3v) is 4.61. The van der Waals surface area contributed by atoms with E-state index in [1.54, 1.807) is 42.5 Å². The Morgan fingerprint density at radius 2 is 1.44 bits per heavy atom. The molecule has 0 aliphatic heterocycles. The summed E-state index contributed by atoms with van der Waals surface area (Å²) in [6, 6.07) is 17.6. The third-order valence-electron chi connectivity index (χ3n) is 2.73. The van der Waals surface area contributed by atoms with Crippen molar-refractivity contribution in [3.05, 3.63) is 71.8 Å². The van der Waals surface area contributed by atoms with E-state index in [1.807, 2.05) is 18.2 Å². The van der Waals surface area contributed by atoms with Gasteiger partial charge in [-0.2, -0.15) is 0 Å². The van der Waals surface area contributed by atoms with Crippen LogP contribution >= 0.6 is 7.37 Å². The van der Waals surface area contributed by atoms with Crippen molar-refractivity contribution >= 4 is 7.37 Å². The summed E-state index contributed by atoms with van der Waals surface area (Å²) in [6.45, 7) is 0. The van der Waals surface area contributed by atoms with E-state index in [0.717, 1.165) is 5.56 Å². The number of rotatable bonds is 4. The molecule has 0 saturated carbocycles. The number of aliphatic hydroxyl groups is 1. The fraction of sp³-hybridized carbons (Fsp3) is 0.143. The van der Waals surface area contributed by atoms with Crippen LogP contribution in [-0.4, -0.2) is 10.00 Å². The first kappa shape index (κ1) is 13.0. The van der Waals surface area contributed by atoms with Crippen molar-refractivity contribution in [3.8, 4) is 0 Å². The van der Waals surface area contributed by atoms with Gasteiger partial charge in [0.15, 0.2) is 5.85 Å². The summed E-state index contributed by atoms with van der Waals surface area (Å²) in [7, 11) is -3.67. The Kier molecular flexibility index (Phi) is 3.97. The zero-order chi connectivity index (χ0) is 13.0. The lowest BCUT2D eigenvalue weighted by atomic mass is 10.2. The Labute approximate surface area is 106 Å². The van der Waals surface area contributed by atoms with Crippen LogP contribution in [0, 0.1) is 0 Å². The SMILES string of the molecule is O=P(O)(Cc1ccccc1)C(O)c1ccccc1. The first-order valence-electron chi connectivity index (χ1n) is 5.68. The second-order valence-electron chi connectivity index (χ2n) is 4.18. The summed E-state index contributed by atoms with van der Waals surface area (Å²) in [6.07, 6.45) is -0.0239. The Balaban J connectivity index is 2.19. The molecular weight excluding hydrogens is 247 g/mol.